The molecular formula is C11H8N2O3S. The molecule has 6 heteroatoms. The van der Waals surface area contributed by atoms with Crippen molar-refractivity contribution in [3.8, 4) is 0 Å². The van der Waals surface area contributed by atoms with Crippen LogP contribution in [0.3, 0.4) is 0 Å². The molecule has 0 aromatic heterocycles. The van der Waals surface area contributed by atoms with Crippen LogP contribution in [0.5, 0.6) is 0 Å². The van der Waals surface area contributed by atoms with Gasteiger partial charge in [-0.25, -0.2) is 0 Å². The van der Waals surface area contributed by atoms with Gasteiger partial charge < -0.3 is 5.32 Å². The van der Waals surface area contributed by atoms with Gasteiger partial charge in [0.1, 0.15) is 11.4 Å². The van der Waals surface area contributed by atoms with Crippen LogP contribution < -0.4 is 5.32 Å². The van der Waals surface area contributed by atoms with Crippen molar-refractivity contribution in [2.45, 2.75) is 11.4 Å². The van der Waals surface area contributed by atoms with Crippen LogP contribution in [-0.4, -0.2) is 34.0 Å². The average molecular weight is 248 g/mol. The second-order valence-corrected chi connectivity index (χ2v) is 4.48. The summed E-state index contributed by atoms with van der Waals surface area (Å²) >= 11 is 4.10. The van der Waals surface area contributed by atoms with Crippen LogP contribution in [0.4, 0.5) is 0 Å². The summed E-state index contributed by atoms with van der Waals surface area (Å²) in [5.41, 5.74) is 0.690. The lowest BCUT2D eigenvalue weighted by Crippen LogP contribution is -2.67. The van der Waals surface area contributed by atoms with Crippen LogP contribution in [0, 0.1) is 0 Å². The fourth-order valence-electron chi connectivity index (χ4n) is 2.08. The number of benzene rings is 1. The van der Waals surface area contributed by atoms with Crippen LogP contribution in [0.15, 0.2) is 24.3 Å². The molecule has 86 valence electrons. The van der Waals surface area contributed by atoms with Crippen LogP contribution >= 0.6 is 12.6 Å². The number of β-lactam (4-membered cyclic amide) rings is 1. The minimum atomic E-state index is -0.800. The van der Waals surface area contributed by atoms with Gasteiger partial charge in [0.25, 0.3) is 11.8 Å². The molecule has 1 saturated heterocycles. The molecule has 1 fully saturated rings. The highest BCUT2D eigenvalue weighted by Crippen LogP contribution is 2.28. The molecule has 1 aromatic carbocycles. The van der Waals surface area contributed by atoms with Crippen molar-refractivity contribution in [2.24, 2.45) is 0 Å². The fourth-order valence-corrected chi connectivity index (χ4v) is 2.47. The lowest BCUT2D eigenvalue weighted by molar-refractivity contribution is -0.132. The van der Waals surface area contributed by atoms with E-state index in [1.54, 1.807) is 24.3 Å². The summed E-state index contributed by atoms with van der Waals surface area (Å²) in [6, 6.07) is 5.74. The minimum absolute atomic E-state index is 0.345. The summed E-state index contributed by atoms with van der Waals surface area (Å²) < 4.78 is 0. The van der Waals surface area contributed by atoms with Crippen molar-refractivity contribution in [3.05, 3.63) is 35.4 Å². The van der Waals surface area contributed by atoms with E-state index in [9.17, 15) is 14.4 Å². The van der Waals surface area contributed by atoms with E-state index < -0.39 is 23.2 Å². The highest BCUT2D eigenvalue weighted by atomic mass is 32.1. The van der Waals surface area contributed by atoms with Gasteiger partial charge in [-0.2, -0.15) is 12.6 Å². The van der Waals surface area contributed by atoms with Gasteiger partial charge in [-0.1, -0.05) is 12.1 Å². The Kier molecular flexibility index (Phi) is 2.03. The zero-order chi connectivity index (χ0) is 12.2. The molecule has 17 heavy (non-hydrogen) atoms. The Morgan fingerprint density at radius 3 is 2.00 bits per heavy atom. The zero-order valence-electron chi connectivity index (χ0n) is 8.58. The highest BCUT2D eigenvalue weighted by molar-refractivity contribution is 7.81. The first-order chi connectivity index (χ1) is 8.11. The summed E-state index contributed by atoms with van der Waals surface area (Å²) in [6.45, 7) is 0. The Morgan fingerprint density at radius 1 is 1.06 bits per heavy atom. The van der Waals surface area contributed by atoms with Crippen LogP contribution in [0.2, 0.25) is 0 Å². The van der Waals surface area contributed by atoms with E-state index in [-0.39, 0.29) is 5.91 Å². The van der Waals surface area contributed by atoms with Gasteiger partial charge >= 0.3 is 0 Å². The maximum atomic E-state index is 12.0. The fraction of sp³-hybridized carbons (Fsp3) is 0.182. The number of imide groups is 1. The number of fused-ring (bicyclic) bond motifs is 1. The van der Waals surface area contributed by atoms with E-state index in [0.717, 1.165) is 4.90 Å². The number of rotatable bonds is 1. The number of nitrogens with zero attached hydrogens (tertiary/aromatic N) is 1. The van der Waals surface area contributed by atoms with Crippen molar-refractivity contribution in [3.63, 3.8) is 0 Å². The molecule has 0 aliphatic carbocycles. The Balaban J connectivity index is 2.04. The third-order valence-electron chi connectivity index (χ3n) is 2.96. The molecule has 2 atom stereocenters. The Hall–Kier alpha value is -1.82. The first-order valence-electron chi connectivity index (χ1n) is 5.06. The summed E-state index contributed by atoms with van der Waals surface area (Å²) in [6.07, 6.45) is 0. The second-order valence-electron chi connectivity index (χ2n) is 3.92. The van der Waals surface area contributed by atoms with Gasteiger partial charge in [-0.3, -0.25) is 19.3 Å². The maximum Gasteiger partial charge on any atom is 0.262 e. The quantitative estimate of drug-likeness (QED) is 0.419. The summed E-state index contributed by atoms with van der Waals surface area (Å²) in [7, 11) is 0. The molecule has 2 heterocycles. The first kappa shape index (κ1) is 10.3. The normalized spacial score (nSPS) is 26.6. The lowest BCUT2D eigenvalue weighted by Gasteiger charge is -2.37. The molecule has 1 aromatic rings. The summed E-state index contributed by atoms with van der Waals surface area (Å²) in [4.78, 5) is 36.4. The monoisotopic (exact) mass is 248 g/mol. The molecule has 3 rings (SSSR count). The number of thiol groups is 1. The van der Waals surface area contributed by atoms with Crippen molar-refractivity contribution >= 4 is 30.4 Å². The van der Waals surface area contributed by atoms with Gasteiger partial charge in [0.05, 0.1) is 11.1 Å². The number of carbonyl (C=O) groups excluding carboxylic acids is 3. The van der Waals surface area contributed by atoms with Crippen LogP contribution in [0.25, 0.3) is 0 Å². The number of carbonyl (C=O) groups is 3. The number of hydrogen-bond donors (Lipinski definition) is 2. The second kappa shape index (κ2) is 3.33. The molecule has 0 bridgehead atoms. The SMILES string of the molecule is O=C1NC(S)C1N1C(=O)c2ccccc2C1=O. The van der Waals surface area contributed by atoms with E-state index in [4.69, 9.17) is 0 Å². The molecule has 0 radical (unpaired) electrons. The summed E-state index contributed by atoms with van der Waals surface area (Å²) in [5.74, 6) is -1.20. The van der Waals surface area contributed by atoms with Gasteiger partial charge in [0, 0.05) is 0 Å². The van der Waals surface area contributed by atoms with E-state index in [2.05, 4.69) is 17.9 Å². The van der Waals surface area contributed by atoms with E-state index in [1.165, 1.54) is 0 Å². The van der Waals surface area contributed by atoms with Gasteiger partial charge in [-0.15, -0.1) is 0 Å². The molecule has 3 amide bonds. The molecular weight excluding hydrogens is 240 g/mol. The predicted molar refractivity (Wildman–Crippen MR) is 61.6 cm³/mol. The predicted octanol–water partition coefficient (Wildman–Crippen LogP) is 0.0369. The van der Waals surface area contributed by atoms with Crippen LogP contribution in [-0.2, 0) is 4.79 Å². The zero-order valence-corrected chi connectivity index (χ0v) is 9.48. The molecule has 0 saturated carbocycles. The third-order valence-corrected chi connectivity index (χ3v) is 3.37. The third kappa shape index (κ3) is 1.24. The highest BCUT2D eigenvalue weighted by Gasteiger charge is 2.50. The number of amides is 3. The molecule has 2 aliphatic heterocycles. The Bertz CT molecular complexity index is 522. The summed E-state index contributed by atoms with van der Waals surface area (Å²) in [5, 5.41) is 2.00. The molecule has 1 N–H and O–H groups in total. The lowest BCUT2D eigenvalue weighted by atomic mass is 10.1. The van der Waals surface area contributed by atoms with Crippen molar-refractivity contribution in [1.29, 1.82) is 0 Å². The van der Waals surface area contributed by atoms with Gasteiger partial charge in [-0.05, 0) is 12.1 Å². The maximum absolute atomic E-state index is 12.0. The smallest absolute Gasteiger partial charge is 0.262 e. The first-order valence-corrected chi connectivity index (χ1v) is 5.58. The van der Waals surface area contributed by atoms with Gasteiger partial charge in [0.15, 0.2) is 0 Å². The Morgan fingerprint density at radius 2 is 1.59 bits per heavy atom. The number of hydrogen-bond acceptors (Lipinski definition) is 4. The topological polar surface area (TPSA) is 66.5 Å². The molecule has 2 aliphatic rings. The standard InChI is InChI=1S/C11H8N2O3S/c14-8-7(9(17)12-8)13-10(15)5-3-1-2-4-6(5)11(13)16/h1-4,7,9,17H,(H,12,14). The van der Waals surface area contributed by atoms with Gasteiger partial charge in [0.2, 0.25) is 5.91 Å². The molecule has 0 spiro atoms. The minimum Gasteiger partial charge on any atom is -0.340 e. The molecule has 5 nitrogen and oxygen atoms in total. The van der Waals surface area contributed by atoms with Crippen molar-refractivity contribution < 1.29 is 14.4 Å². The van der Waals surface area contributed by atoms with Crippen LogP contribution in [0.1, 0.15) is 20.7 Å². The van der Waals surface area contributed by atoms with E-state index in [0.29, 0.717) is 11.1 Å². The van der Waals surface area contributed by atoms with E-state index >= 15 is 0 Å². The van der Waals surface area contributed by atoms with E-state index in [1.807, 2.05) is 0 Å². The Labute approximate surface area is 102 Å². The van der Waals surface area contributed by atoms with Crippen molar-refractivity contribution in [1.82, 2.24) is 10.2 Å². The average Bonchev–Trinajstić information content (AvgIpc) is 2.55. The largest absolute Gasteiger partial charge is 0.340 e. The molecule has 2 unspecified atom stereocenters. The van der Waals surface area contributed by atoms with Crippen molar-refractivity contribution in [2.75, 3.05) is 0 Å². The number of nitrogens with one attached hydrogen (secondary N) is 1.